The maximum absolute atomic E-state index is 9.96. The lowest BCUT2D eigenvalue weighted by atomic mass is 9.97. The minimum absolute atomic E-state index is 0.531. The highest BCUT2D eigenvalue weighted by Crippen LogP contribution is 2.25. The van der Waals surface area contributed by atoms with E-state index in [2.05, 4.69) is 12.2 Å². The average molecular weight is 227 g/mol. The summed E-state index contributed by atoms with van der Waals surface area (Å²) in [5.74, 6) is 0.943. The van der Waals surface area contributed by atoms with Gasteiger partial charge in [-0.1, -0.05) is 33.1 Å². The number of hydrogen-bond donors (Lipinski definition) is 2. The van der Waals surface area contributed by atoms with Crippen LogP contribution in [0.5, 0.6) is 0 Å². The summed E-state index contributed by atoms with van der Waals surface area (Å²) in [7, 11) is 0. The van der Waals surface area contributed by atoms with Gasteiger partial charge in [-0.25, -0.2) is 0 Å². The first-order valence-corrected chi connectivity index (χ1v) is 7.03. The molecule has 2 N–H and O–H groups in total. The Morgan fingerprint density at radius 1 is 1.19 bits per heavy atom. The molecule has 3 atom stereocenters. The minimum atomic E-state index is -0.531. The first-order chi connectivity index (χ1) is 7.57. The van der Waals surface area contributed by atoms with E-state index in [-0.39, 0.29) is 0 Å². The summed E-state index contributed by atoms with van der Waals surface area (Å²) >= 11 is 0. The maximum atomic E-state index is 9.96. The van der Waals surface area contributed by atoms with Gasteiger partial charge in [0.25, 0.3) is 0 Å². The molecule has 1 rings (SSSR count). The van der Waals surface area contributed by atoms with Crippen LogP contribution in [0.25, 0.3) is 0 Å². The molecule has 2 nitrogen and oxygen atoms in total. The fraction of sp³-hybridized carbons (Fsp3) is 1.00. The molecule has 1 saturated carbocycles. The van der Waals surface area contributed by atoms with Crippen LogP contribution in [0.1, 0.15) is 65.7 Å². The highest BCUT2D eigenvalue weighted by Gasteiger charge is 2.21. The summed E-state index contributed by atoms with van der Waals surface area (Å²) in [6, 6.07) is 0.634. The third-order valence-electron chi connectivity index (χ3n) is 4.20. The van der Waals surface area contributed by atoms with Gasteiger partial charge in [-0.15, -0.1) is 0 Å². The molecular weight excluding hydrogens is 198 g/mol. The first kappa shape index (κ1) is 14.0. The van der Waals surface area contributed by atoms with E-state index >= 15 is 0 Å². The molecule has 0 aromatic rings. The van der Waals surface area contributed by atoms with Gasteiger partial charge < -0.3 is 10.4 Å². The van der Waals surface area contributed by atoms with E-state index in [9.17, 15) is 5.11 Å². The van der Waals surface area contributed by atoms with E-state index in [0.29, 0.717) is 6.04 Å². The van der Waals surface area contributed by atoms with Gasteiger partial charge >= 0.3 is 0 Å². The van der Waals surface area contributed by atoms with Crippen LogP contribution in [0.15, 0.2) is 0 Å². The minimum Gasteiger partial charge on any atom is -0.389 e. The second-order valence-electron chi connectivity index (χ2n) is 5.71. The summed E-state index contributed by atoms with van der Waals surface area (Å²) in [4.78, 5) is 0. The normalized spacial score (nSPS) is 30.8. The SMILES string of the molecule is CCC1CCCC(NCC(C)(O)CC)CC1. The van der Waals surface area contributed by atoms with Crippen LogP contribution < -0.4 is 5.32 Å². The molecule has 0 heterocycles. The Morgan fingerprint density at radius 3 is 2.56 bits per heavy atom. The molecule has 2 heteroatoms. The molecule has 16 heavy (non-hydrogen) atoms. The Kier molecular flexibility index (Phi) is 5.77. The number of nitrogens with one attached hydrogen (secondary N) is 1. The van der Waals surface area contributed by atoms with Crippen LogP contribution in [0.2, 0.25) is 0 Å². The fourth-order valence-corrected chi connectivity index (χ4v) is 2.48. The predicted molar refractivity (Wildman–Crippen MR) is 69.6 cm³/mol. The molecule has 0 aliphatic heterocycles. The third-order valence-corrected chi connectivity index (χ3v) is 4.20. The number of aliphatic hydroxyl groups is 1. The molecule has 0 saturated heterocycles. The largest absolute Gasteiger partial charge is 0.389 e. The van der Waals surface area contributed by atoms with Crippen LogP contribution >= 0.6 is 0 Å². The van der Waals surface area contributed by atoms with E-state index in [1.165, 1.54) is 38.5 Å². The first-order valence-electron chi connectivity index (χ1n) is 7.03. The lowest BCUT2D eigenvalue weighted by molar-refractivity contribution is 0.0522. The molecule has 0 aromatic heterocycles. The molecule has 3 unspecified atom stereocenters. The molecule has 0 radical (unpaired) electrons. The van der Waals surface area contributed by atoms with Crippen molar-refractivity contribution in [3.8, 4) is 0 Å². The van der Waals surface area contributed by atoms with Crippen molar-refractivity contribution >= 4 is 0 Å². The van der Waals surface area contributed by atoms with Crippen molar-refractivity contribution in [3.63, 3.8) is 0 Å². The summed E-state index contributed by atoms with van der Waals surface area (Å²) in [6.45, 7) is 7.01. The summed E-state index contributed by atoms with van der Waals surface area (Å²) < 4.78 is 0. The zero-order chi connectivity index (χ0) is 12.0. The summed E-state index contributed by atoms with van der Waals surface area (Å²) in [6.07, 6.45) is 8.85. The Balaban J connectivity index is 2.27. The fourth-order valence-electron chi connectivity index (χ4n) is 2.48. The molecule has 0 bridgehead atoms. The van der Waals surface area contributed by atoms with E-state index in [0.717, 1.165) is 18.9 Å². The highest BCUT2D eigenvalue weighted by atomic mass is 16.3. The Bertz CT molecular complexity index is 191. The Labute approximate surface area is 101 Å². The summed E-state index contributed by atoms with van der Waals surface area (Å²) in [5, 5.41) is 13.5. The van der Waals surface area contributed by atoms with Crippen LogP contribution in [-0.2, 0) is 0 Å². The van der Waals surface area contributed by atoms with Crippen molar-refractivity contribution in [1.29, 1.82) is 0 Å². The van der Waals surface area contributed by atoms with E-state index in [1.54, 1.807) is 0 Å². The van der Waals surface area contributed by atoms with Gasteiger partial charge in [0.2, 0.25) is 0 Å². The molecule has 1 aliphatic carbocycles. The lowest BCUT2D eigenvalue weighted by Crippen LogP contribution is -2.42. The summed E-state index contributed by atoms with van der Waals surface area (Å²) in [5.41, 5.74) is -0.531. The highest BCUT2D eigenvalue weighted by molar-refractivity contribution is 4.79. The molecular formula is C14H29NO. The predicted octanol–water partition coefficient (Wildman–Crippen LogP) is 3.10. The van der Waals surface area contributed by atoms with E-state index in [1.807, 2.05) is 13.8 Å². The molecule has 1 fully saturated rings. The lowest BCUT2D eigenvalue weighted by Gasteiger charge is -2.25. The van der Waals surface area contributed by atoms with Gasteiger partial charge in [0, 0.05) is 12.6 Å². The second kappa shape index (κ2) is 6.61. The molecule has 1 aliphatic rings. The van der Waals surface area contributed by atoms with Crippen molar-refractivity contribution in [3.05, 3.63) is 0 Å². The average Bonchev–Trinajstić information content (AvgIpc) is 2.51. The zero-order valence-corrected chi connectivity index (χ0v) is 11.3. The van der Waals surface area contributed by atoms with Gasteiger partial charge in [-0.2, -0.15) is 0 Å². The van der Waals surface area contributed by atoms with E-state index in [4.69, 9.17) is 0 Å². The van der Waals surface area contributed by atoms with Gasteiger partial charge in [-0.3, -0.25) is 0 Å². The monoisotopic (exact) mass is 227 g/mol. The van der Waals surface area contributed by atoms with Gasteiger partial charge in [0.15, 0.2) is 0 Å². The molecule has 0 aromatic carbocycles. The van der Waals surface area contributed by atoms with Crippen molar-refractivity contribution in [2.45, 2.75) is 77.4 Å². The topological polar surface area (TPSA) is 32.3 Å². The molecule has 96 valence electrons. The maximum Gasteiger partial charge on any atom is 0.0741 e. The van der Waals surface area contributed by atoms with Gasteiger partial charge in [-0.05, 0) is 38.5 Å². The van der Waals surface area contributed by atoms with Crippen LogP contribution in [-0.4, -0.2) is 23.3 Å². The smallest absolute Gasteiger partial charge is 0.0741 e. The number of rotatable bonds is 5. The van der Waals surface area contributed by atoms with Crippen LogP contribution in [0, 0.1) is 5.92 Å². The standard InChI is InChI=1S/C14H29NO/c1-4-12-7-6-8-13(10-9-12)15-11-14(3,16)5-2/h12-13,15-16H,4-11H2,1-3H3. The van der Waals surface area contributed by atoms with Gasteiger partial charge in [0.1, 0.15) is 0 Å². The molecule has 0 amide bonds. The number of hydrogen-bond acceptors (Lipinski definition) is 2. The zero-order valence-electron chi connectivity index (χ0n) is 11.3. The van der Waals surface area contributed by atoms with E-state index < -0.39 is 5.60 Å². The van der Waals surface area contributed by atoms with Crippen molar-refractivity contribution in [1.82, 2.24) is 5.32 Å². The van der Waals surface area contributed by atoms with Crippen molar-refractivity contribution in [2.75, 3.05) is 6.54 Å². The van der Waals surface area contributed by atoms with Crippen LogP contribution in [0.4, 0.5) is 0 Å². The van der Waals surface area contributed by atoms with Crippen LogP contribution in [0.3, 0.4) is 0 Å². The quantitative estimate of drug-likeness (QED) is 0.707. The third kappa shape index (κ3) is 4.84. The van der Waals surface area contributed by atoms with Gasteiger partial charge in [0.05, 0.1) is 5.60 Å². The Hall–Kier alpha value is -0.0800. The Morgan fingerprint density at radius 2 is 1.94 bits per heavy atom. The molecule has 0 spiro atoms. The van der Waals surface area contributed by atoms with Crippen molar-refractivity contribution in [2.24, 2.45) is 5.92 Å². The second-order valence-corrected chi connectivity index (χ2v) is 5.71. The van der Waals surface area contributed by atoms with Crippen molar-refractivity contribution < 1.29 is 5.11 Å².